The molecule has 0 saturated heterocycles. The van der Waals surface area contributed by atoms with Crippen molar-refractivity contribution < 1.29 is 4.79 Å². The summed E-state index contributed by atoms with van der Waals surface area (Å²) in [7, 11) is 0. The topological polar surface area (TPSA) is 29.1 Å². The van der Waals surface area contributed by atoms with Crippen molar-refractivity contribution in [3.05, 3.63) is 58.9 Å². The first-order chi connectivity index (χ1) is 10.4. The first-order valence-corrected chi connectivity index (χ1v) is 7.96. The van der Waals surface area contributed by atoms with E-state index in [4.69, 9.17) is 0 Å². The lowest BCUT2D eigenvalue weighted by Crippen LogP contribution is -2.19. The standard InChI is InChI=1S/C20H29NO/c1-16(8-6-9-17(2)14-21-15-22)11-12-19-18(3)10-7-13-20(19,4)5/h6,8-9,11-12,14-15H,7,10,13H2,1-5H3,(H,21,22)/b9-6+,12-11+,16-8-,17-14+. The Hall–Kier alpha value is -1.83. The predicted octanol–water partition coefficient (Wildman–Crippen LogP) is 5.22. The van der Waals surface area contributed by atoms with E-state index in [1.807, 2.05) is 19.1 Å². The first kappa shape index (κ1) is 18.2. The van der Waals surface area contributed by atoms with Crippen molar-refractivity contribution in [1.29, 1.82) is 0 Å². The van der Waals surface area contributed by atoms with Crippen LogP contribution in [0, 0.1) is 5.41 Å². The molecule has 0 bridgehead atoms. The van der Waals surface area contributed by atoms with E-state index in [0.29, 0.717) is 6.41 Å². The summed E-state index contributed by atoms with van der Waals surface area (Å²) in [6, 6.07) is 0. The summed E-state index contributed by atoms with van der Waals surface area (Å²) in [6.45, 7) is 11.0. The molecule has 0 atom stereocenters. The summed E-state index contributed by atoms with van der Waals surface area (Å²) in [6.07, 6.45) is 16.7. The largest absolute Gasteiger partial charge is 0.335 e. The van der Waals surface area contributed by atoms with Gasteiger partial charge in [0.1, 0.15) is 0 Å². The average molecular weight is 299 g/mol. The Morgan fingerprint density at radius 3 is 2.55 bits per heavy atom. The van der Waals surface area contributed by atoms with E-state index in [1.165, 1.54) is 36.0 Å². The van der Waals surface area contributed by atoms with Gasteiger partial charge in [-0.25, -0.2) is 0 Å². The average Bonchev–Trinajstić information content (AvgIpc) is 2.43. The van der Waals surface area contributed by atoms with Crippen molar-refractivity contribution in [3.63, 3.8) is 0 Å². The lowest BCUT2D eigenvalue weighted by molar-refractivity contribution is -0.108. The number of carbonyl (C=O) groups excluding carboxylic acids is 1. The highest BCUT2D eigenvalue weighted by atomic mass is 16.1. The van der Waals surface area contributed by atoms with Crippen LogP contribution in [-0.4, -0.2) is 6.41 Å². The lowest BCUT2D eigenvalue weighted by Gasteiger charge is -2.32. The van der Waals surface area contributed by atoms with Crippen LogP contribution in [0.5, 0.6) is 0 Å². The predicted molar refractivity (Wildman–Crippen MR) is 95.3 cm³/mol. The molecule has 22 heavy (non-hydrogen) atoms. The molecule has 0 spiro atoms. The van der Waals surface area contributed by atoms with Crippen molar-refractivity contribution in [1.82, 2.24) is 5.32 Å². The molecule has 1 rings (SSSR count). The zero-order valence-corrected chi connectivity index (χ0v) is 14.6. The van der Waals surface area contributed by atoms with Crippen LogP contribution in [0.1, 0.15) is 53.9 Å². The van der Waals surface area contributed by atoms with E-state index in [0.717, 1.165) is 5.57 Å². The monoisotopic (exact) mass is 299 g/mol. The van der Waals surface area contributed by atoms with Gasteiger partial charge in [0.25, 0.3) is 0 Å². The van der Waals surface area contributed by atoms with Crippen molar-refractivity contribution in [2.24, 2.45) is 5.41 Å². The van der Waals surface area contributed by atoms with Gasteiger partial charge in [-0.2, -0.15) is 0 Å². The minimum absolute atomic E-state index is 0.286. The molecule has 0 aliphatic heterocycles. The Bertz CT molecular complexity index is 542. The van der Waals surface area contributed by atoms with Crippen LogP contribution in [0.4, 0.5) is 0 Å². The van der Waals surface area contributed by atoms with Crippen molar-refractivity contribution in [3.8, 4) is 0 Å². The van der Waals surface area contributed by atoms with Crippen molar-refractivity contribution >= 4 is 6.41 Å². The van der Waals surface area contributed by atoms with Crippen LogP contribution in [0.2, 0.25) is 0 Å². The van der Waals surface area contributed by atoms with Gasteiger partial charge in [0.05, 0.1) is 0 Å². The lowest BCUT2D eigenvalue weighted by atomic mass is 9.72. The molecule has 0 radical (unpaired) electrons. The molecule has 120 valence electrons. The third-order valence-electron chi connectivity index (χ3n) is 4.15. The molecular formula is C20H29NO. The first-order valence-electron chi connectivity index (χ1n) is 7.96. The van der Waals surface area contributed by atoms with Gasteiger partial charge < -0.3 is 5.32 Å². The van der Waals surface area contributed by atoms with Crippen molar-refractivity contribution in [2.75, 3.05) is 0 Å². The van der Waals surface area contributed by atoms with Gasteiger partial charge >= 0.3 is 0 Å². The van der Waals surface area contributed by atoms with Gasteiger partial charge in [-0.3, -0.25) is 4.79 Å². The highest BCUT2D eigenvalue weighted by Gasteiger charge is 2.26. The number of allylic oxidation sites excluding steroid dienone is 9. The van der Waals surface area contributed by atoms with E-state index in [1.54, 1.807) is 6.20 Å². The van der Waals surface area contributed by atoms with Crippen LogP contribution in [-0.2, 0) is 4.79 Å². The van der Waals surface area contributed by atoms with E-state index >= 15 is 0 Å². The molecule has 2 nitrogen and oxygen atoms in total. The summed E-state index contributed by atoms with van der Waals surface area (Å²) in [4.78, 5) is 10.2. The number of carbonyl (C=O) groups is 1. The Labute approximate surface area is 135 Å². The summed E-state index contributed by atoms with van der Waals surface area (Å²) in [5.74, 6) is 0. The number of nitrogens with one attached hydrogen (secondary N) is 1. The second-order valence-corrected chi connectivity index (χ2v) is 6.71. The zero-order chi connectivity index (χ0) is 16.6. The second-order valence-electron chi connectivity index (χ2n) is 6.71. The molecule has 0 saturated carbocycles. The molecule has 1 aliphatic carbocycles. The van der Waals surface area contributed by atoms with Gasteiger partial charge in [0.2, 0.25) is 6.41 Å². The van der Waals surface area contributed by atoms with Crippen LogP contribution in [0.25, 0.3) is 0 Å². The van der Waals surface area contributed by atoms with Crippen LogP contribution in [0.15, 0.2) is 58.9 Å². The SMILES string of the molecule is CC1=C(/C=C/C(C)=C\C=C\C(C)=C\NC=O)C(C)(C)CCC1. The Morgan fingerprint density at radius 1 is 1.18 bits per heavy atom. The fourth-order valence-electron chi connectivity index (χ4n) is 2.85. The molecule has 0 unspecified atom stereocenters. The van der Waals surface area contributed by atoms with Crippen LogP contribution in [0.3, 0.4) is 0 Å². The number of hydrogen-bond acceptors (Lipinski definition) is 1. The fraction of sp³-hybridized carbons (Fsp3) is 0.450. The fourth-order valence-corrected chi connectivity index (χ4v) is 2.85. The normalized spacial score (nSPS) is 20.0. The third kappa shape index (κ3) is 5.88. The molecule has 0 aromatic heterocycles. The molecule has 2 heteroatoms. The van der Waals surface area contributed by atoms with Crippen molar-refractivity contribution in [2.45, 2.75) is 53.9 Å². The van der Waals surface area contributed by atoms with Gasteiger partial charge in [-0.15, -0.1) is 0 Å². The van der Waals surface area contributed by atoms with E-state index in [-0.39, 0.29) is 5.41 Å². The molecule has 0 aromatic rings. The Kier molecular flexibility index (Phi) is 7.10. The van der Waals surface area contributed by atoms with Gasteiger partial charge in [-0.05, 0) is 56.6 Å². The van der Waals surface area contributed by atoms with Crippen LogP contribution >= 0.6 is 0 Å². The van der Waals surface area contributed by atoms with Gasteiger partial charge in [-0.1, -0.05) is 55.4 Å². The molecule has 1 aliphatic rings. The quantitative estimate of drug-likeness (QED) is 0.528. The van der Waals surface area contributed by atoms with E-state index in [9.17, 15) is 4.79 Å². The van der Waals surface area contributed by atoms with E-state index < -0.39 is 0 Å². The summed E-state index contributed by atoms with van der Waals surface area (Å²) >= 11 is 0. The number of rotatable bonds is 6. The third-order valence-corrected chi connectivity index (χ3v) is 4.15. The minimum atomic E-state index is 0.286. The van der Waals surface area contributed by atoms with Gasteiger partial charge in [0.15, 0.2) is 0 Å². The molecular weight excluding hydrogens is 270 g/mol. The molecule has 0 heterocycles. The number of amides is 1. The highest BCUT2D eigenvalue weighted by Crippen LogP contribution is 2.40. The maximum atomic E-state index is 10.2. The minimum Gasteiger partial charge on any atom is -0.335 e. The van der Waals surface area contributed by atoms with E-state index in [2.05, 4.69) is 51.2 Å². The summed E-state index contributed by atoms with van der Waals surface area (Å²) < 4.78 is 0. The summed E-state index contributed by atoms with van der Waals surface area (Å²) in [5, 5.41) is 2.53. The van der Waals surface area contributed by atoms with Gasteiger partial charge in [0, 0.05) is 6.20 Å². The molecule has 1 N–H and O–H groups in total. The maximum absolute atomic E-state index is 10.2. The smallest absolute Gasteiger partial charge is 0.211 e. The second kappa shape index (κ2) is 8.57. The van der Waals surface area contributed by atoms with Crippen LogP contribution < -0.4 is 5.32 Å². The number of hydrogen-bond donors (Lipinski definition) is 1. The Morgan fingerprint density at radius 2 is 1.91 bits per heavy atom. The molecule has 0 aromatic carbocycles. The zero-order valence-electron chi connectivity index (χ0n) is 14.6. The summed E-state index contributed by atoms with van der Waals surface area (Å²) in [5.41, 5.74) is 5.52. The maximum Gasteiger partial charge on any atom is 0.211 e. The Balaban J connectivity index is 2.75. The molecule has 0 fully saturated rings. The molecule has 1 amide bonds. The highest BCUT2D eigenvalue weighted by molar-refractivity contribution is 5.48.